The van der Waals surface area contributed by atoms with Crippen molar-refractivity contribution in [2.75, 3.05) is 0 Å². The fraction of sp³-hybridized carbons (Fsp3) is 1.00. The topological polar surface area (TPSA) is 26.0 Å². The minimum Gasteiger partial charge on any atom is -0.326 e. The predicted octanol–water partition coefficient (Wildman–Crippen LogP) is 6.61. The molecule has 0 aliphatic carbocycles. The number of halogens is 2. The third-order valence-corrected chi connectivity index (χ3v) is 0. The van der Waals surface area contributed by atoms with E-state index in [2.05, 4.69) is 57.5 Å². The van der Waals surface area contributed by atoms with Gasteiger partial charge in [0.2, 0.25) is 0 Å². The first-order valence-electron chi connectivity index (χ1n) is 6.90. The van der Waals surface area contributed by atoms with E-state index in [1.165, 1.54) is 0 Å². The molecular formula is C16H39BrClN. The van der Waals surface area contributed by atoms with Gasteiger partial charge in [0.15, 0.2) is 0 Å². The van der Waals surface area contributed by atoms with Crippen LogP contribution in [0.3, 0.4) is 0 Å². The van der Waals surface area contributed by atoms with Gasteiger partial charge < -0.3 is 5.73 Å². The number of alkyl halides is 2. The van der Waals surface area contributed by atoms with Crippen molar-refractivity contribution < 1.29 is 0 Å². The summed E-state index contributed by atoms with van der Waals surface area (Å²) in [6, 6.07) is 0. The molecule has 0 unspecified atom stereocenters. The summed E-state index contributed by atoms with van der Waals surface area (Å²) in [6.45, 7) is 24.6. The van der Waals surface area contributed by atoms with E-state index in [1.54, 1.807) is 0 Å². The molecule has 0 saturated carbocycles. The molecule has 0 atom stereocenters. The van der Waals surface area contributed by atoms with Gasteiger partial charge in [-0.15, -0.1) is 11.6 Å². The average molecular weight is 361 g/mol. The van der Waals surface area contributed by atoms with Crippen LogP contribution >= 0.6 is 27.5 Å². The summed E-state index contributed by atoms with van der Waals surface area (Å²) >= 11 is 8.91. The van der Waals surface area contributed by atoms with Crippen LogP contribution in [0.1, 0.15) is 83.1 Å². The molecule has 0 saturated heterocycles. The van der Waals surface area contributed by atoms with Crippen molar-refractivity contribution in [2.24, 2.45) is 11.7 Å². The summed E-state index contributed by atoms with van der Waals surface area (Å²) < 4.78 is 0.312. The summed E-state index contributed by atoms with van der Waals surface area (Å²) in [7, 11) is 0. The minimum absolute atomic E-state index is 0. The van der Waals surface area contributed by atoms with Gasteiger partial charge in [-0.2, -0.15) is 0 Å². The molecule has 0 heterocycles. The Morgan fingerprint density at radius 3 is 0.789 bits per heavy atom. The van der Waals surface area contributed by atoms with Crippen molar-refractivity contribution in [1.29, 1.82) is 0 Å². The van der Waals surface area contributed by atoms with Crippen molar-refractivity contribution in [1.82, 2.24) is 0 Å². The fourth-order valence-corrected chi connectivity index (χ4v) is 0. The molecule has 2 N–H and O–H groups in total. The molecule has 0 aromatic heterocycles. The molecule has 19 heavy (non-hydrogen) atoms. The number of nitrogens with two attached hydrogens (primary N) is 1. The summed E-state index contributed by atoms with van der Waals surface area (Å²) in [5, 5.41) is 0. The molecule has 0 radical (unpaired) electrons. The van der Waals surface area contributed by atoms with Gasteiger partial charge in [0, 0.05) is 14.7 Å². The minimum atomic E-state index is -0.0278. The van der Waals surface area contributed by atoms with Gasteiger partial charge in [0.1, 0.15) is 0 Å². The highest BCUT2D eigenvalue weighted by atomic mass is 79.9. The van der Waals surface area contributed by atoms with Gasteiger partial charge >= 0.3 is 0 Å². The Morgan fingerprint density at radius 2 is 0.789 bits per heavy atom. The van der Waals surface area contributed by atoms with Crippen molar-refractivity contribution in [3.63, 3.8) is 0 Å². The van der Waals surface area contributed by atoms with Gasteiger partial charge in [-0.05, 0) is 47.5 Å². The van der Waals surface area contributed by atoms with E-state index in [0.717, 1.165) is 5.92 Å². The zero-order chi connectivity index (χ0) is 17.1. The van der Waals surface area contributed by atoms with E-state index in [1.807, 2.05) is 41.5 Å². The molecule has 122 valence electrons. The van der Waals surface area contributed by atoms with Crippen LogP contribution < -0.4 is 5.73 Å². The molecule has 0 spiro atoms. The lowest BCUT2D eigenvalue weighted by Gasteiger charge is -2.06. The molecule has 0 rings (SSSR count). The Labute approximate surface area is 137 Å². The van der Waals surface area contributed by atoms with Gasteiger partial charge in [-0.25, -0.2) is 0 Å². The standard InChI is InChI=1S/C4H9Br.C4H9Cl.C4H11N.C4H10/c3*1-4(2,3)5;1-4(2)3/h2*1-3H3;5H2,1-3H3;4H,1-3H3. The smallest absolute Gasteiger partial charge is 0.0362 e. The lowest BCUT2D eigenvalue weighted by molar-refractivity contribution is 0.580. The summed E-state index contributed by atoms with van der Waals surface area (Å²) in [4.78, 5) is -0.0278. The lowest BCUT2D eigenvalue weighted by Crippen LogP contribution is -2.26. The zero-order valence-corrected chi connectivity index (χ0v) is 17.8. The first kappa shape index (κ1) is 28.0. The first-order valence-corrected chi connectivity index (χ1v) is 8.07. The molecule has 0 bridgehead atoms. The third-order valence-electron chi connectivity index (χ3n) is 0. The molecule has 1 nitrogen and oxygen atoms in total. The van der Waals surface area contributed by atoms with Crippen molar-refractivity contribution in [2.45, 2.75) is 97.8 Å². The highest BCUT2D eigenvalue weighted by Gasteiger charge is 1.99. The number of hydrogen-bond acceptors (Lipinski definition) is 1. The largest absolute Gasteiger partial charge is 0.326 e. The van der Waals surface area contributed by atoms with Gasteiger partial charge in [0.05, 0.1) is 0 Å². The molecule has 3 heteroatoms. The van der Waals surface area contributed by atoms with Crippen LogP contribution in [0.15, 0.2) is 0 Å². The van der Waals surface area contributed by atoms with E-state index in [-0.39, 0.29) is 10.4 Å². The molecule has 0 aromatic carbocycles. The molecule has 0 amide bonds. The highest BCUT2D eigenvalue weighted by molar-refractivity contribution is 9.10. The van der Waals surface area contributed by atoms with E-state index >= 15 is 0 Å². The predicted molar refractivity (Wildman–Crippen MR) is 98.7 cm³/mol. The van der Waals surface area contributed by atoms with E-state index in [4.69, 9.17) is 17.3 Å². The van der Waals surface area contributed by atoms with Crippen LogP contribution in [-0.2, 0) is 0 Å². The van der Waals surface area contributed by atoms with Crippen molar-refractivity contribution >= 4 is 27.5 Å². The number of hydrogen-bond donors (Lipinski definition) is 1. The van der Waals surface area contributed by atoms with Gasteiger partial charge in [-0.3, -0.25) is 0 Å². The fourth-order valence-electron chi connectivity index (χ4n) is 0. The molecular weight excluding hydrogens is 322 g/mol. The molecule has 0 aliphatic rings. The van der Waals surface area contributed by atoms with E-state index in [9.17, 15) is 0 Å². The third kappa shape index (κ3) is 9840. The van der Waals surface area contributed by atoms with Crippen LogP contribution in [0.25, 0.3) is 0 Å². The molecule has 0 fully saturated rings. The maximum Gasteiger partial charge on any atom is 0.0362 e. The van der Waals surface area contributed by atoms with Crippen LogP contribution in [0.4, 0.5) is 0 Å². The van der Waals surface area contributed by atoms with Crippen LogP contribution in [-0.4, -0.2) is 14.7 Å². The number of rotatable bonds is 0. The maximum absolute atomic E-state index is 5.53. The van der Waals surface area contributed by atoms with Crippen LogP contribution in [0.2, 0.25) is 0 Å². The van der Waals surface area contributed by atoms with Gasteiger partial charge in [-0.1, -0.05) is 57.5 Å². The Morgan fingerprint density at radius 1 is 0.789 bits per heavy atom. The molecule has 0 aromatic rings. The second kappa shape index (κ2) is 12.5. The molecule has 0 aliphatic heterocycles. The second-order valence-corrected chi connectivity index (χ2v) is 11.7. The Kier molecular flexibility index (Phi) is 18.4. The summed E-state index contributed by atoms with van der Waals surface area (Å²) in [5.41, 5.74) is 5.35. The van der Waals surface area contributed by atoms with Crippen molar-refractivity contribution in [3.8, 4) is 0 Å². The van der Waals surface area contributed by atoms with Crippen LogP contribution in [0.5, 0.6) is 0 Å². The monoisotopic (exact) mass is 359 g/mol. The summed E-state index contributed by atoms with van der Waals surface area (Å²) in [5.74, 6) is 0.833. The normalized spacial score (nSPS) is 11.4. The van der Waals surface area contributed by atoms with E-state index < -0.39 is 0 Å². The zero-order valence-electron chi connectivity index (χ0n) is 15.4. The van der Waals surface area contributed by atoms with Crippen molar-refractivity contribution in [3.05, 3.63) is 0 Å². The quantitative estimate of drug-likeness (QED) is 0.483. The average Bonchev–Trinajstić information content (AvgIpc) is 1.66. The maximum atomic E-state index is 5.53. The Balaban J connectivity index is -0.0000000793. The summed E-state index contributed by atoms with van der Waals surface area (Å²) in [6.07, 6.45) is 0. The Hall–Kier alpha value is 0.730. The Bertz CT molecular complexity index is 121. The SMILES string of the molecule is CC(C)(C)Br.CC(C)(C)Cl.CC(C)(C)N.CC(C)C. The van der Waals surface area contributed by atoms with E-state index in [0.29, 0.717) is 4.32 Å². The first-order chi connectivity index (χ1) is 7.73. The van der Waals surface area contributed by atoms with Crippen LogP contribution in [0, 0.1) is 5.92 Å². The lowest BCUT2D eigenvalue weighted by atomic mass is 10.1. The second-order valence-electron chi connectivity index (χ2n) is 8.23. The highest BCUT2D eigenvalue weighted by Crippen LogP contribution is 2.11. The van der Waals surface area contributed by atoms with Gasteiger partial charge in [0.25, 0.3) is 0 Å².